The lowest BCUT2D eigenvalue weighted by molar-refractivity contribution is 0.181. The Balaban J connectivity index is 2.09. The van der Waals surface area contributed by atoms with Crippen molar-refractivity contribution in [1.29, 1.82) is 0 Å². The summed E-state index contributed by atoms with van der Waals surface area (Å²) in [5.41, 5.74) is 2.20. The highest BCUT2D eigenvalue weighted by Gasteiger charge is 2.13. The number of hydrogen-bond acceptors (Lipinski definition) is 2. The van der Waals surface area contributed by atoms with Crippen LogP contribution in [0.4, 0.5) is 4.39 Å². The van der Waals surface area contributed by atoms with Crippen LogP contribution >= 0.6 is 0 Å². The van der Waals surface area contributed by atoms with Gasteiger partial charge < -0.3 is 10.4 Å². The van der Waals surface area contributed by atoms with E-state index < -0.39 is 0 Å². The second-order valence-corrected chi connectivity index (χ2v) is 5.34. The molecule has 0 aliphatic heterocycles. The predicted molar refractivity (Wildman–Crippen MR) is 83.6 cm³/mol. The van der Waals surface area contributed by atoms with Gasteiger partial charge in [-0.15, -0.1) is 0 Å². The molecular weight excluding hydrogens is 265 g/mol. The van der Waals surface area contributed by atoms with E-state index in [1.807, 2.05) is 30.3 Å². The van der Waals surface area contributed by atoms with Gasteiger partial charge in [-0.05, 0) is 49.6 Å². The first kappa shape index (κ1) is 15.7. The van der Waals surface area contributed by atoms with E-state index in [0.29, 0.717) is 0 Å². The Morgan fingerprint density at radius 2 is 1.62 bits per heavy atom. The average Bonchev–Trinajstić information content (AvgIpc) is 2.49. The highest BCUT2D eigenvalue weighted by atomic mass is 19.1. The minimum atomic E-state index is -0.271. The summed E-state index contributed by atoms with van der Waals surface area (Å²) in [5, 5.41) is 12.8. The normalized spacial score (nSPS) is 13.9. The van der Waals surface area contributed by atoms with Crippen molar-refractivity contribution < 1.29 is 9.50 Å². The molecule has 112 valence electrons. The third-order valence-corrected chi connectivity index (χ3v) is 3.48. The molecule has 0 fully saturated rings. The SMILES string of the molecule is CC(O)CCCNC(c1ccccc1)c1ccc(F)cc1. The van der Waals surface area contributed by atoms with Gasteiger partial charge in [0.2, 0.25) is 0 Å². The van der Waals surface area contributed by atoms with Gasteiger partial charge in [0.05, 0.1) is 12.1 Å². The van der Waals surface area contributed by atoms with Crippen molar-refractivity contribution in [3.05, 3.63) is 71.5 Å². The molecule has 2 aromatic rings. The van der Waals surface area contributed by atoms with E-state index in [2.05, 4.69) is 17.4 Å². The molecule has 0 radical (unpaired) electrons. The van der Waals surface area contributed by atoms with Crippen LogP contribution < -0.4 is 5.32 Å². The molecule has 0 bridgehead atoms. The molecule has 0 saturated carbocycles. The van der Waals surface area contributed by atoms with Crippen molar-refractivity contribution >= 4 is 0 Å². The molecule has 0 amide bonds. The molecule has 2 aromatic carbocycles. The largest absolute Gasteiger partial charge is 0.393 e. The van der Waals surface area contributed by atoms with Crippen molar-refractivity contribution in [2.24, 2.45) is 0 Å². The van der Waals surface area contributed by atoms with Gasteiger partial charge in [-0.3, -0.25) is 0 Å². The van der Waals surface area contributed by atoms with Crippen LogP contribution in [0.5, 0.6) is 0 Å². The minimum Gasteiger partial charge on any atom is -0.393 e. The minimum absolute atomic E-state index is 0.0424. The number of benzene rings is 2. The lowest BCUT2D eigenvalue weighted by Crippen LogP contribution is -2.24. The summed E-state index contributed by atoms with van der Waals surface area (Å²) < 4.78 is 13.1. The van der Waals surface area contributed by atoms with Crippen molar-refractivity contribution in [3.8, 4) is 0 Å². The molecule has 0 aliphatic carbocycles. The Labute approximate surface area is 125 Å². The molecule has 2 nitrogen and oxygen atoms in total. The van der Waals surface area contributed by atoms with Crippen LogP contribution in [0, 0.1) is 5.82 Å². The Kier molecular flexibility index (Phi) is 5.90. The molecule has 2 unspecified atom stereocenters. The molecule has 3 heteroatoms. The summed E-state index contributed by atoms with van der Waals surface area (Å²) in [6, 6.07) is 16.8. The van der Waals surface area contributed by atoms with Gasteiger partial charge >= 0.3 is 0 Å². The molecule has 2 rings (SSSR count). The maximum atomic E-state index is 13.1. The standard InChI is InChI=1S/C18H22FNO/c1-14(21)6-5-13-20-18(15-7-3-2-4-8-15)16-9-11-17(19)12-10-16/h2-4,7-12,14,18,20-21H,5-6,13H2,1H3. The zero-order valence-corrected chi connectivity index (χ0v) is 12.3. The van der Waals surface area contributed by atoms with E-state index in [0.717, 1.165) is 30.5 Å². The summed E-state index contributed by atoms with van der Waals surface area (Å²) in [6.45, 7) is 2.61. The molecule has 0 spiro atoms. The number of rotatable bonds is 7. The lowest BCUT2D eigenvalue weighted by Gasteiger charge is -2.20. The van der Waals surface area contributed by atoms with E-state index in [1.165, 1.54) is 12.1 Å². The maximum absolute atomic E-state index is 13.1. The summed E-state index contributed by atoms with van der Waals surface area (Å²) in [6.07, 6.45) is 1.41. The zero-order valence-electron chi connectivity index (χ0n) is 12.3. The number of halogens is 1. The van der Waals surface area contributed by atoms with E-state index in [9.17, 15) is 9.50 Å². The fraction of sp³-hybridized carbons (Fsp3) is 0.333. The molecule has 0 aromatic heterocycles. The van der Waals surface area contributed by atoms with Crippen molar-refractivity contribution in [1.82, 2.24) is 5.32 Å². The molecule has 0 aliphatic rings. The molecular formula is C18H22FNO. The fourth-order valence-corrected chi connectivity index (χ4v) is 2.37. The second-order valence-electron chi connectivity index (χ2n) is 5.34. The molecule has 0 heterocycles. The summed E-state index contributed by atoms with van der Waals surface area (Å²) in [7, 11) is 0. The van der Waals surface area contributed by atoms with Gasteiger partial charge in [0.1, 0.15) is 5.82 Å². The first-order chi connectivity index (χ1) is 10.2. The summed E-state index contributed by atoms with van der Waals surface area (Å²) in [5.74, 6) is -0.223. The Morgan fingerprint density at radius 1 is 1.00 bits per heavy atom. The monoisotopic (exact) mass is 287 g/mol. The van der Waals surface area contributed by atoms with Crippen molar-refractivity contribution in [3.63, 3.8) is 0 Å². The topological polar surface area (TPSA) is 32.3 Å². The number of aliphatic hydroxyl groups is 1. The van der Waals surface area contributed by atoms with Crippen LogP contribution in [-0.4, -0.2) is 17.8 Å². The first-order valence-corrected chi connectivity index (χ1v) is 7.38. The smallest absolute Gasteiger partial charge is 0.123 e. The van der Waals surface area contributed by atoms with Crippen molar-refractivity contribution in [2.45, 2.75) is 31.9 Å². The number of nitrogens with one attached hydrogen (secondary N) is 1. The van der Waals surface area contributed by atoms with E-state index in [1.54, 1.807) is 6.92 Å². The Hall–Kier alpha value is -1.71. The molecule has 2 atom stereocenters. The van der Waals surface area contributed by atoms with Gasteiger partial charge in [-0.2, -0.15) is 0 Å². The fourth-order valence-electron chi connectivity index (χ4n) is 2.37. The maximum Gasteiger partial charge on any atom is 0.123 e. The zero-order chi connectivity index (χ0) is 15.1. The average molecular weight is 287 g/mol. The van der Waals surface area contributed by atoms with Crippen LogP contribution in [0.3, 0.4) is 0 Å². The molecule has 21 heavy (non-hydrogen) atoms. The highest BCUT2D eigenvalue weighted by molar-refractivity contribution is 5.31. The second kappa shape index (κ2) is 7.91. The third-order valence-electron chi connectivity index (χ3n) is 3.48. The molecule has 0 saturated heterocycles. The van der Waals surface area contributed by atoms with E-state index in [-0.39, 0.29) is 18.0 Å². The third kappa shape index (κ3) is 4.96. The van der Waals surface area contributed by atoms with Crippen LogP contribution in [0.15, 0.2) is 54.6 Å². The van der Waals surface area contributed by atoms with Crippen LogP contribution in [0.1, 0.15) is 36.9 Å². The van der Waals surface area contributed by atoms with Crippen LogP contribution in [0.25, 0.3) is 0 Å². The lowest BCUT2D eigenvalue weighted by atomic mass is 9.98. The van der Waals surface area contributed by atoms with Gasteiger partial charge in [0.25, 0.3) is 0 Å². The van der Waals surface area contributed by atoms with Crippen LogP contribution in [-0.2, 0) is 0 Å². The number of aliphatic hydroxyl groups excluding tert-OH is 1. The van der Waals surface area contributed by atoms with Gasteiger partial charge in [0, 0.05) is 0 Å². The van der Waals surface area contributed by atoms with Crippen molar-refractivity contribution in [2.75, 3.05) is 6.54 Å². The first-order valence-electron chi connectivity index (χ1n) is 7.38. The highest BCUT2D eigenvalue weighted by Crippen LogP contribution is 2.22. The van der Waals surface area contributed by atoms with Gasteiger partial charge in [-0.25, -0.2) is 4.39 Å². The summed E-state index contributed by atoms with van der Waals surface area (Å²) >= 11 is 0. The van der Waals surface area contributed by atoms with Gasteiger partial charge in [0.15, 0.2) is 0 Å². The quantitative estimate of drug-likeness (QED) is 0.762. The molecule has 2 N–H and O–H groups in total. The summed E-state index contributed by atoms with van der Waals surface area (Å²) in [4.78, 5) is 0. The van der Waals surface area contributed by atoms with Crippen LogP contribution in [0.2, 0.25) is 0 Å². The Morgan fingerprint density at radius 3 is 2.24 bits per heavy atom. The van der Waals surface area contributed by atoms with E-state index in [4.69, 9.17) is 0 Å². The van der Waals surface area contributed by atoms with Gasteiger partial charge in [-0.1, -0.05) is 42.5 Å². The van der Waals surface area contributed by atoms with E-state index >= 15 is 0 Å². The Bertz CT molecular complexity index is 525. The number of hydrogen-bond donors (Lipinski definition) is 2. The predicted octanol–water partition coefficient (Wildman–Crippen LogP) is 3.67.